The Bertz CT molecular complexity index is 1570. The van der Waals surface area contributed by atoms with Gasteiger partial charge in [-0.25, -0.2) is 9.78 Å². The second-order valence-corrected chi connectivity index (χ2v) is 12.7. The number of benzene rings is 1. The zero-order valence-corrected chi connectivity index (χ0v) is 22.7. The molecular formula is C29H32N6O2S. The third kappa shape index (κ3) is 4.18. The minimum absolute atomic E-state index is 0.198. The van der Waals surface area contributed by atoms with E-state index in [1.807, 2.05) is 28.5 Å². The number of nitrogens with one attached hydrogen (secondary N) is 1. The molecule has 3 aromatic heterocycles. The molecule has 0 unspecified atom stereocenters. The van der Waals surface area contributed by atoms with E-state index in [0.29, 0.717) is 17.9 Å². The van der Waals surface area contributed by atoms with Crippen molar-refractivity contribution in [3.63, 3.8) is 0 Å². The van der Waals surface area contributed by atoms with E-state index in [0.717, 1.165) is 79.5 Å². The average Bonchev–Trinajstić information content (AvgIpc) is 3.54. The highest BCUT2D eigenvalue weighted by Crippen LogP contribution is 2.48. The number of likely N-dealkylation sites (tertiary alicyclic amines) is 2. The first-order valence-electron chi connectivity index (χ1n) is 13.5. The average molecular weight is 529 g/mol. The van der Waals surface area contributed by atoms with Gasteiger partial charge in [-0.1, -0.05) is 12.1 Å². The molecule has 9 heteroatoms. The maximum atomic E-state index is 13.0. The molecular weight excluding hydrogens is 496 g/mol. The molecule has 1 aliphatic carbocycles. The molecule has 0 saturated carbocycles. The molecule has 2 aliphatic heterocycles. The monoisotopic (exact) mass is 528 g/mol. The van der Waals surface area contributed by atoms with Gasteiger partial charge >= 0.3 is 5.69 Å². The number of hydrogen-bond donors (Lipinski definition) is 1. The SMILES string of the molecule is Cc1cc(-c2ccc3c(c2)CC[C@H]3N2CC3(CCN(C(=O)Cc4cn5cc(C)sc5n4)CC3)C2)nc(=O)[nH]1. The Balaban J connectivity index is 0.958. The number of rotatable bonds is 4. The predicted molar refractivity (Wildman–Crippen MR) is 147 cm³/mol. The van der Waals surface area contributed by atoms with Crippen molar-refractivity contribution in [2.45, 2.75) is 52.0 Å². The lowest BCUT2D eigenvalue weighted by Gasteiger charge is -2.56. The zero-order chi connectivity index (χ0) is 26.0. The number of aryl methyl sites for hydroxylation is 3. The second kappa shape index (κ2) is 8.88. The summed E-state index contributed by atoms with van der Waals surface area (Å²) < 4.78 is 2.03. The normalized spacial score (nSPS) is 20.7. The van der Waals surface area contributed by atoms with Crippen LogP contribution in [-0.4, -0.2) is 61.2 Å². The fourth-order valence-electron chi connectivity index (χ4n) is 6.75. The van der Waals surface area contributed by atoms with E-state index in [1.54, 1.807) is 11.3 Å². The standard InChI is InChI=1S/C29H32N6O2S/c1-18-11-24(32-27(37)30-18)21-3-5-23-20(12-21)4-6-25(23)35-16-29(17-35)7-9-33(10-8-29)26(36)13-22-15-34-14-19(2)38-28(34)31-22/h3,5,11-12,14-15,25H,4,6-10,13,16-17H2,1-2H3,(H,30,32,37)/t25-/m1/s1. The van der Waals surface area contributed by atoms with Crippen molar-refractivity contribution in [2.75, 3.05) is 26.2 Å². The highest BCUT2D eigenvalue weighted by molar-refractivity contribution is 7.16. The first-order chi connectivity index (χ1) is 18.3. The molecule has 4 aromatic rings. The van der Waals surface area contributed by atoms with Crippen LogP contribution in [-0.2, 0) is 17.6 Å². The van der Waals surface area contributed by atoms with Crippen LogP contribution in [0.5, 0.6) is 0 Å². The number of piperidine rings is 1. The number of carbonyl (C=O) groups excluding carboxylic acids is 1. The summed E-state index contributed by atoms with van der Waals surface area (Å²) in [6.07, 6.45) is 8.82. The van der Waals surface area contributed by atoms with Crippen LogP contribution in [0.1, 0.15) is 52.7 Å². The first-order valence-corrected chi connectivity index (χ1v) is 14.3. The van der Waals surface area contributed by atoms with E-state index >= 15 is 0 Å². The quantitative estimate of drug-likeness (QED) is 0.434. The van der Waals surface area contributed by atoms with Gasteiger partial charge in [-0.3, -0.25) is 14.1 Å². The van der Waals surface area contributed by atoms with E-state index in [4.69, 9.17) is 0 Å². The number of aromatic amines is 1. The number of amides is 1. The fourth-order valence-corrected chi connectivity index (χ4v) is 7.58. The minimum atomic E-state index is -0.298. The van der Waals surface area contributed by atoms with Crippen molar-refractivity contribution < 1.29 is 4.79 Å². The molecule has 1 amide bonds. The predicted octanol–water partition coefficient (Wildman–Crippen LogP) is 3.92. The van der Waals surface area contributed by atoms with Crippen molar-refractivity contribution in [3.8, 4) is 11.3 Å². The topological polar surface area (TPSA) is 86.6 Å². The van der Waals surface area contributed by atoms with Gasteiger partial charge in [0.15, 0.2) is 4.96 Å². The van der Waals surface area contributed by atoms with Gasteiger partial charge in [0, 0.05) is 60.7 Å². The van der Waals surface area contributed by atoms with Crippen LogP contribution in [0.3, 0.4) is 0 Å². The van der Waals surface area contributed by atoms with E-state index in [2.05, 4.69) is 51.2 Å². The van der Waals surface area contributed by atoms with E-state index in [-0.39, 0.29) is 11.6 Å². The molecule has 5 heterocycles. The van der Waals surface area contributed by atoms with Gasteiger partial charge in [0.1, 0.15) is 0 Å². The van der Waals surface area contributed by atoms with Crippen molar-refractivity contribution in [1.82, 2.24) is 29.2 Å². The lowest BCUT2D eigenvalue weighted by atomic mass is 9.71. The maximum absolute atomic E-state index is 13.0. The van der Waals surface area contributed by atoms with Crippen molar-refractivity contribution >= 4 is 22.2 Å². The molecule has 2 fully saturated rings. The molecule has 38 heavy (non-hydrogen) atoms. The number of hydrogen-bond acceptors (Lipinski definition) is 6. The summed E-state index contributed by atoms with van der Waals surface area (Å²) >= 11 is 1.66. The molecule has 0 radical (unpaired) electrons. The van der Waals surface area contributed by atoms with Crippen LogP contribution in [0.2, 0.25) is 0 Å². The third-order valence-electron chi connectivity index (χ3n) is 8.71. The number of aromatic nitrogens is 4. The summed E-state index contributed by atoms with van der Waals surface area (Å²) in [7, 11) is 0. The Morgan fingerprint density at radius 2 is 1.95 bits per heavy atom. The molecule has 1 aromatic carbocycles. The van der Waals surface area contributed by atoms with Crippen LogP contribution < -0.4 is 5.69 Å². The number of nitrogens with zero attached hydrogens (tertiary/aromatic N) is 5. The molecule has 2 saturated heterocycles. The second-order valence-electron chi connectivity index (χ2n) is 11.4. The van der Waals surface area contributed by atoms with Crippen molar-refractivity contribution in [1.29, 1.82) is 0 Å². The Kier molecular flexibility index (Phi) is 5.56. The Labute approximate surface area is 225 Å². The molecule has 1 atom stereocenters. The van der Waals surface area contributed by atoms with E-state index in [9.17, 15) is 9.59 Å². The van der Waals surface area contributed by atoms with Crippen molar-refractivity contribution in [3.05, 3.63) is 74.5 Å². The Morgan fingerprint density at radius 1 is 1.13 bits per heavy atom. The number of carbonyl (C=O) groups is 1. The summed E-state index contributed by atoms with van der Waals surface area (Å²) in [5.74, 6) is 0.198. The van der Waals surface area contributed by atoms with Gasteiger partial charge in [-0.2, -0.15) is 4.98 Å². The third-order valence-corrected chi connectivity index (χ3v) is 9.62. The van der Waals surface area contributed by atoms with Crippen molar-refractivity contribution in [2.24, 2.45) is 5.41 Å². The molecule has 3 aliphatic rings. The minimum Gasteiger partial charge on any atom is -0.342 e. The summed E-state index contributed by atoms with van der Waals surface area (Å²) in [5, 5.41) is 0. The number of imidazole rings is 1. The summed E-state index contributed by atoms with van der Waals surface area (Å²) in [6, 6.07) is 8.99. The smallest absolute Gasteiger partial charge is 0.342 e. The molecule has 8 nitrogen and oxygen atoms in total. The number of fused-ring (bicyclic) bond motifs is 2. The molecule has 196 valence electrons. The van der Waals surface area contributed by atoms with Gasteiger partial charge in [0.05, 0.1) is 17.8 Å². The first kappa shape index (κ1) is 23.8. The van der Waals surface area contributed by atoms with Crippen LogP contribution in [0.4, 0.5) is 0 Å². The Morgan fingerprint density at radius 3 is 2.71 bits per heavy atom. The van der Waals surface area contributed by atoms with Gasteiger partial charge in [0.25, 0.3) is 0 Å². The van der Waals surface area contributed by atoms with Crippen LogP contribution >= 0.6 is 11.3 Å². The fraction of sp³-hybridized carbons (Fsp3) is 0.448. The lowest BCUT2D eigenvalue weighted by Crippen LogP contribution is -2.61. The van der Waals surface area contributed by atoms with Gasteiger partial charge in [-0.05, 0) is 68.2 Å². The van der Waals surface area contributed by atoms with E-state index < -0.39 is 0 Å². The van der Waals surface area contributed by atoms with Crippen LogP contribution in [0.15, 0.2) is 41.5 Å². The molecule has 7 rings (SSSR count). The van der Waals surface area contributed by atoms with Crippen LogP contribution in [0, 0.1) is 19.3 Å². The molecule has 0 bridgehead atoms. The van der Waals surface area contributed by atoms with Gasteiger partial charge < -0.3 is 9.88 Å². The highest BCUT2D eigenvalue weighted by atomic mass is 32.1. The largest absolute Gasteiger partial charge is 0.345 e. The number of thiazole rings is 1. The molecule has 1 spiro atoms. The number of H-pyrrole nitrogens is 1. The molecule has 1 N–H and O–H groups in total. The summed E-state index contributed by atoms with van der Waals surface area (Å²) in [4.78, 5) is 43.2. The van der Waals surface area contributed by atoms with Crippen LogP contribution in [0.25, 0.3) is 16.2 Å². The van der Waals surface area contributed by atoms with E-state index in [1.165, 1.54) is 16.0 Å². The highest BCUT2D eigenvalue weighted by Gasteiger charge is 2.48. The maximum Gasteiger partial charge on any atom is 0.345 e. The zero-order valence-electron chi connectivity index (χ0n) is 21.9. The lowest BCUT2D eigenvalue weighted by molar-refractivity contribution is -0.136. The summed E-state index contributed by atoms with van der Waals surface area (Å²) in [5.41, 5.74) is 6.30. The summed E-state index contributed by atoms with van der Waals surface area (Å²) in [6.45, 7) is 7.89. The Hall–Kier alpha value is -3.30. The van der Waals surface area contributed by atoms with Gasteiger partial charge in [-0.15, -0.1) is 11.3 Å². The van der Waals surface area contributed by atoms with Gasteiger partial charge in [0.2, 0.25) is 5.91 Å².